The minimum Gasteiger partial charge on any atom is -0.306 e. The number of nitrogens with zero attached hydrogens (tertiary/aromatic N) is 1. The van der Waals surface area contributed by atoms with Gasteiger partial charge in [0.15, 0.2) is 0 Å². The van der Waals surface area contributed by atoms with Crippen LogP contribution < -0.4 is 5.32 Å². The molecular weight excluding hydrogens is 265 g/mol. The standard InChI is InChI=1S/C15H19F3N2/c16-15(17,18)11-4-6-12(7-5-11)20-13-8-3-10-2-1-9-19-14(10)13/h1-2,9,11-13,20H,3-8H2. The first-order valence-corrected chi connectivity index (χ1v) is 7.30. The Kier molecular flexibility index (Phi) is 3.71. The highest BCUT2D eigenvalue weighted by molar-refractivity contribution is 5.28. The maximum atomic E-state index is 12.6. The van der Waals surface area contributed by atoms with Crippen molar-refractivity contribution in [3.05, 3.63) is 29.6 Å². The zero-order chi connectivity index (χ0) is 14.2. The monoisotopic (exact) mass is 284 g/mol. The maximum Gasteiger partial charge on any atom is 0.391 e. The van der Waals surface area contributed by atoms with Gasteiger partial charge in [-0.05, 0) is 50.2 Å². The number of hydrogen-bond donors (Lipinski definition) is 1. The highest BCUT2D eigenvalue weighted by atomic mass is 19.4. The van der Waals surface area contributed by atoms with Gasteiger partial charge in [-0.3, -0.25) is 4.98 Å². The highest BCUT2D eigenvalue weighted by Crippen LogP contribution is 2.38. The predicted molar refractivity (Wildman–Crippen MR) is 70.2 cm³/mol. The summed E-state index contributed by atoms with van der Waals surface area (Å²) in [6, 6.07) is 4.45. The van der Waals surface area contributed by atoms with Crippen LogP contribution >= 0.6 is 0 Å². The molecule has 1 N–H and O–H groups in total. The van der Waals surface area contributed by atoms with E-state index in [0.29, 0.717) is 12.8 Å². The SMILES string of the molecule is FC(F)(F)C1CCC(NC2CCc3cccnc32)CC1. The van der Waals surface area contributed by atoms with Gasteiger partial charge in [0, 0.05) is 12.2 Å². The first-order valence-electron chi connectivity index (χ1n) is 7.30. The summed E-state index contributed by atoms with van der Waals surface area (Å²) in [5.74, 6) is -1.10. The number of fused-ring (bicyclic) bond motifs is 1. The van der Waals surface area contributed by atoms with Gasteiger partial charge in [0.05, 0.1) is 17.7 Å². The Balaban J connectivity index is 1.56. The molecule has 0 saturated heterocycles. The molecule has 20 heavy (non-hydrogen) atoms. The van der Waals surface area contributed by atoms with Crippen molar-refractivity contribution in [2.24, 2.45) is 5.92 Å². The molecule has 2 aliphatic carbocycles. The van der Waals surface area contributed by atoms with Gasteiger partial charge in [-0.25, -0.2) is 0 Å². The van der Waals surface area contributed by atoms with Gasteiger partial charge in [-0.1, -0.05) is 6.07 Å². The summed E-state index contributed by atoms with van der Waals surface area (Å²) in [6.07, 6.45) is 1.52. The summed E-state index contributed by atoms with van der Waals surface area (Å²) in [5.41, 5.74) is 2.36. The van der Waals surface area contributed by atoms with Gasteiger partial charge < -0.3 is 5.32 Å². The lowest BCUT2D eigenvalue weighted by molar-refractivity contribution is -0.182. The van der Waals surface area contributed by atoms with Crippen LogP contribution in [0.5, 0.6) is 0 Å². The van der Waals surface area contributed by atoms with Crippen LogP contribution in [0.2, 0.25) is 0 Å². The van der Waals surface area contributed by atoms with Crippen molar-refractivity contribution < 1.29 is 13.2 Å². The summed E-state index contributed by atoms with van der Waals surface area (Å²) in [6.45, 7) is 0. The number of aryl methyl sites for hydroxylation is 1. The number of rotatable bonds is 2. The molecule has 1 saturated carbocycles. The summed E-state index contributed by atoms with van der Waals surface area (Å²) >= 11 is 0. The first-order chi connectivity index (χ1) is 9.54. The minimum atomic E-state index is -4.02. The number of hydrogen-bond acceptors (Lipinski definition) is 2. The van der Waals surface area contributed by atoms with Crippen molar-refractivity contribution in [2.75, 3.05) is 0 Å². The molecule has 0 aliphatic heterocycles. The molecule has 1 atom stereocenters. The van der Waals surface area contributed by atoms with Crippen molar-refractivity contribution in [3.8, 4) is 0 Å². The summed E-state index contributed by atoms with van der Waals surface area (Å²) in [4.78, 5) is 4.42. The van der Waals surface area contributed by atoms with Crippen LogP contribution in [0.4, 0.5) is 13.2 Å². The fourth-order valence-electron chi connectivity index (χ4n) is 3.45. The van der Waals surface area contributed by atoms with E-state index in [0.717, 1.165) is 18.5 Å². The van der Waals surface area contributed by atoms with Crippen molar-refractivity contribution >= 4 is 0 Å². The molecule has 2 nitrogen and oxygen atoms in total. The van der Waals surface area contributed by atoms with Gasteiger partial charge in [-0.15, -0.1) is 0 Å². The molecule has 1 fully saturated rings. The van der Waals surface area contributed by atoms with E-state index in [2.05, 4.69) is 16.4 Å². The molecule has 0 amide bonds. The van der Waals surface area contributed by atoms with E-state index in [-0.39, 0.29) is 24.9 Å². The Morgan fingerprint density at radius 2 is 1.85 bits per heavy atom. The van der Waals surface area contributed by atoms with E-state index in [1.165, 1.54) is 5.56 Å². The Morgan fingerprint density at radius 1 is 1.10 bits per heavy atom. The number of nitrogens with one attached hydrogen (secondary N) is 1. The lowest BCUT2D eigenvalue weighted by Crippen LogP contribution is -2.38. The molecule has 3 rings (SSSR count). The van der Waals surface area contributed by atoms with Gasteiger partial charge in [-0.2, -0.15) is 13.2 Å². The Labute approximate surface area is 116 Å². The summed E-state index contributed by atoms with van der Waals surface area (Å²) in [5, 5.41) is 3.52. The van der Waals surface area contributed by atoms with E-state index in [4.69, 9.17) is 0 Å². The van der Waals surface area contributed by atoms with Crippen LogP contribution in [0, 0.1) is 5.92 Å². The Bertz CT molecular complexity index is 464. The number of alkyl halides is 3. The molecule has 1 heterocycles. The Hall–Kier alpha value is -1.10. The van der Waals surface area contributed by atoms with Crippen LogP contribution in [0.3, 0.4) is 0 Å². The predicted octanol–water partition coefficient (Wildman–Crippen LogP) is 3.78. The molecule has 0 spiro atoms. The van der Waals surface area contributed by atoms with Crippen molar-refractivity contribution in [2.45, 2.75) is 56.8 Å². The van der Waals surface area contributed by atoms with Gasteiger partial charge in [0.1, 0.15) is 0 Å². The molecule has 1 aromatic heterocycles. The van der Waals surface area contributed by atoms with E-state index in [9.17, 15) is 13.2 Å². The highest BCUT2D eigenvalue weighted by Gasteiger charge is 2.41. The third-order valence-corrected chi connectivity index (χ3v) is 4.59. The first kappa shape index (κ1) is 13.9. The molecular formula is C15H19F3N2. The molecule has 110 valence electrons. The normalized spacial score (nSPS) is 30.2. The minimum absolute atomic E-state index is 0.201. The number of halogens is 3. The average molecular weight is 284 g/mol. The zero-order valence-corrected chi connectivity index (χ0v) is 11.3. The second-order valence-electron chi connectivity index (χ2n) is 5.90. The second kappa shape index (κ2) is 5.35. The fraction of sp³-hybridized carbons (Fsp3) is 0.667. The number of aromatic nitrogens is 1. The van der Waals surface area contributed by atoms with Gasteiger partial charge in [0.25, 0.3) is 0 Å². The third-order valence-electron chi connectivity index (χ3n) is 4.59. The number of pyridine rings is 1. The average Bonchev–Trinajstić information content (AvgIpc) is 2.82. The summed E-state index contributed by atoms with van der Waals surface area (Å²) in [7, 11) is 0. The molecule has 0 radical (unpaired) electrons. The van der Waals surface area contributed by atoms with Crippen molar-refractivity contribution in [3.63, 3.8) is 0 Å². The van der Waals surface area contributed by atoms with Crippen LogP contribution in [0.15, 0.2) is 18.3 Å². The molecule has 2 aliphatic rings. The van der Waals surface area contributed by atoms with E-state index >= 15 is 0 Å². The van der Waals surface area contributed by atoms with Crippen LogP contribution in [-0.4, -0.2) is 17.2 Å². The molecule has 0 aromatic carbocycles. The third kappa shape index (κ3) is 2.82. The topological polar surface area (TPSA) is 24.9 Å². The van der Waals surface area contributed by atoms with Crippen molar-refractivity contribution in [1.82, 2.24) is 10.3 Å². The smallest absolute Gasteiger partial charge is 0.306 e. The van der Waals surface area contributed by atoms with Crippen LogP contribution in [0.1, 0.15) is 49.4 Å². The quantitative estimate of drug-likeness (QED) is 0.894. The summed E-state index contributed by atoms with van der Waals surface area (Å²) < 4.78 is 37.9. The second-order valence-corrected chi connectivity index (χ2v) is 5.90. The lowest BCUT2D eigenvalue weighted by atomic mass is 9.85. The van der Waals surface area contributed by atoms with Gasteiger partial charge >= 0.3 is 6.18 Å². The molecule has 0 bridgehead atoms. The molecule has 1 unspecified atom stereocenters. The molecule has 1 aromatic rings. The van der Waals surface area contributed by atoms with Crippen LogP contribution in [0.25, 0.3) is 0 Å². The lowest BCUT2D eigenvalue weighted by Gasteiger charge is -2.32. The van der Waals surface area contributed by atoms with Crippen molar-refractivity contribution in [1.29, 1.82) is 0 Å². The largest absolute Gasteiger partial charge is 0.391 e. The van der Waals surface area contributed by atoms with E-state index in [1.54, 1.807) is 6.20 Å². The van der Waals surface area contributed by atoms with E-state index in [1.807, 2.05) is 6.07 Å². The molecule has 5 heteroatoms. The van der Waals surface area contributed by atoms with E-state index < -0.39 is 12.1 Å². The van der Waals surface area contributed by atoms with Crippen LogP contribution in [-0.2, 0) is 6.42 Å². The van der Waals surface area contributed by atoms with Gasteiger partial charge in [0.2, 0.25) is 0 Å². The fourth-order valence-corrected chi connectivity index (χ4v) is 3.45. The maximum absolute atomic E-state index is 12.6. The Morgan fingerprint density at radius 3 is 2.55 bits per heavy atom. The zero-order valence-electron chi connectivity index (χ0n) is 11.3.